The van der Waals surface area contributed by atoms with Crippen LogP contribution < -0.4 is 4.72 Å². The summed E-state index contributed by atoms with van der Waals surface area (Å²) in [4.78, 5) is 10.7. The molecular formula is C11H19NO7S2. The highest BCUT2D eigenvalue weighted by Gasteiger charge is 2.35. The summed E-state index contributed by atoms with van der Waals surface area (Å²) >= 11 is 0. The fraction of sp³-hybridized carbons (Fsp3) is 0.909. The normalized spacial score (nSPS) is 30.3. The summed E-state index contributed by atoms with van der Waals surface area (Å²) in [5.74, 6) is -1.27. The summed E-state index contributed by atoms with van der Waals surface area (Å²) in [6, 6.07) is 0. The van der Waals surface area contributed by atoms with Crippen LogP contribution >= 0.6 is 0 Å². The van der Waals surface area contributed by atoms with Crippen molar-refractivity contribution >= 4 is 25.8 Å². The van der Waals surface area contributed by atoms with E-state index < -0.39 is 43.3 Å². The highest BCUT2D eigenvalue weighted by Crippen LogP contribution is 2.21. The quantitative estimate of drug-likeness (QED) is 0.664. The molecule has 0 saturated carbocycles. The fourth-order valence-electron chi connectivity index (χ4n) is 2.54. The Hall–Kier alpha value is -0.710. The molecular weight excluding hydrogens is 322 g/mol. The zero-order valence-corrected chi connectivity index (χ0v) is 13.0. The van der Waals surface area contributed by atoms with Crippen LogP contribution in [0.3, 0.4) is 0 Å². The number of carboxylic acid groups (broad SMARTS) is 1. The maximum atomic E-state index is 12.1. The van der Waals surface area contributed by atoms with Crippen molar-refractivity contribution in [1.29, 1.82) is 0 Å². The van der Waals surface area contributed by atoms with Gasteiger partial charge in [0, 0.05) is 6.54 Å². The third kappa shape index (κ3) is 4.38. The van der Waals surface area contributed by atoms with Gasteiger partial charge in [-0.1, -0.05) is 0 Å². The first-order valence-corrected chi connectivity index (χ1v) is 10.1. The van der Waals surface area contributed by atoms with Crippen molar-refractivity contribution in [2.24, 2.45) is 0 Å². The van der Waals surface area contributed by atoms with E-state index in [1.54, 1.807) is 0 Å². The first-order valence-electron chi connectivity index (χ1n) is 6.77. The van der Waals surface area contributed by atoms with Crippen molar-refractivity contribution in [3.63, 3.8) is 0 Å². The number of sulfonamides is 1. The van der Waals surface area contributed by atoms with Gasteiger partial charge in [0.05, 0.1) is 22.9 Å². The summed E-state index contributed by atoms with van der Waals surface area (Å²) in [5.41, 5.74) is 0. The molecule has 2 aliphatic rings. The summed E-state index contributed by atoms with van der Waals surface area (Å²) in [5, 5.41) is 8.08. The van der Waals surface area contributed by atoms with Gasteiger partial charge in [-0.2, -0.15) is 0 Å². The SMILES string of the molecule is O=C(O)C1CCC(CNS(=O)(=O)C2CCS(=O)(=O)CC2)O1. The van der Waals surface area contributed by atoms with E-state index in [-0.39, 0.29) is 30.9 Å². The molecule has 0 radical (unpaired) electrons. The van der Waals surface area contributed by atoms with E-state index in [4.69, 9.17) is 9.84 Å². The van der Waals surface area contributed by atoms with Gasteiger partial charge in [0.15, 0.2) is 6.10 Å². The summed E-state index contributed by atoms with van der Waals surface area (Å²) < 4.78 is 54.4. The predicted molar refractivity (Wildman–Crippen MR) is 74.1 cm³/mol. The van der Waals surface area contributed by atoms with Crippen LogP contribution in [0.1, 0.15) is 25.7 Å². The van der Waals surface area contributed by atoms with E-state index in [0.717, 1.165) is 0 Å². The predicted octanol–water partition coefficient (Wildman–Crippen LogP) is -0.885. The lowest BCUT2D eigenvalue weighted by atomic mass is 10.2. The number of rotatable bonds is 5. The Morgan fingerprint density at radius 2 is 1.81 bits per heavy atom. The average Bonchev–Trinajstić information content (AvgIpc) is 2.85. The Morgan fingerprint density at radius 3 is 2.33 bits per heavy atom. The first kappa shape index (κ1) is 16.7. The van der Waals surface area contributed by atoms with E-state index in [9.17, 15) is 21.6 Å². The summed E-state index contributed by atoms with van der Waals surface area (Å²) in [6.45, 7) is 0.0232. The van der Waals surface area contributed by atoms with Crippen molar-refractivity contribution in [3.8, 4) is 0 Å². The Morgan fingerprint density at radius 1 is 1.19 bits per heavy atom. The summed E-state index contributed by atoms with van der Waals surface area (Å²) in [7, 11) is -6.71. The average molecular weight is 341 g/mol. The molecule has 2 atom stereocenters. The minimum atomic E-state index is -3.60. The molecule has 122 valence electrons. The van der Waals surface area contributed by atoms with Crippen LogP contribution in [0.5, 0.6) is 0 Å². The monoisotopic (exact) mass is 341 g/mol. The lowest BCUT2D eigenvalue weighted by Crippen LogP contribution is -2.42. The number of aliphatic carboxylic acids is 1. The molecule has 2 heterocycles. The van der Waals surface area contributed by atoms with Gasteiger partial charge in [-0.15, -0.1) is 0 Å². The van der Waals surface area contributed by atoms with Gasteiger partial charge in [-0.05, 0) is 25.7 Å². The third-order valence-electron chi connectivity index (χ3n) is 3.84. The lowest BCUT2D eigenvalue weighted by Gasteiger charge is -2.23. The smallest absolute Gasteiger partial charge is 0.332 e. The van der Waals surface area contributed by atoms with Crippen molar-refractivity contribution in [3.05, 3.63) is 0 Å². The molecule has 2 aliphatic heterocycles. The van der Waals surface area contributed by atoms with Crippen LogP contribution in [0.2, 0.25) is 0 Å². The number of ether oxygens (including phenoxy) is 1. The Labute approximate surface area is 123 Å². The molecule has 2 rings (SSSR count). The molecule has 0 aromatic carbocycles. The van der Waals surface area contributed by atoms with Crippen molar-refractivity contribution in [2.75, 3.05) is 18.1 Å². The third-order valence-corrected chi connectivity index (χ3v) is 7.47. The van der Waals surface area contributed by atoms with Gasteiger partial charge in [-0.25, -0.2) is 26.4 Å². The van der Waals surface area contributed by atoms with Gasteiger partial charge in [0.25, 0.3) is 0 Å². The second-order valence-electron chi connectivity index (χ2n) is 5.41. The second kappa shape index (κ2) is 6.19. The zero-order valence-electron chi connectivity index (χ0n) is 11.4. The minimum Gasteiger partial charge on any atom is -0.479 e. The topological polar surface area (TPSA) is 127 Å². The van der Waals surface area contributed by atoms with Gasteiger partial charge in [-0.3, -0.25) is 0 Å². The van der Waals surface area contributed by atoms with E-state index in [0.29, 0.717) is 12.8 Å². The first-order chi connectivity index (χ1) is 9.70. The van der Waals surface area contributed by atoms with Crippen LogP contribution in [-0.4, -0.2) is 63.4 Å². The van der Waals surface area contributed by atoms with E-state index in [1.165, 1.54) is 0 Å². The van der Waals surface area contributed by atoms with Crippen LogP contribution in [0.4, 0.5) is 0 Å². The maximum Gasteiger partial charge on any atom is 0.332 e. The molecule has 0 aliphatic carbocycles. The lowest BCUT2D eigenvalue weighted by molar-refractivity contribution is -0.149. The van der Waals surface area contributed by atoms with Crippen molar-refractivity contribution < 1.29 is 31.5 Å². The Bertz CT molecular complexity index is 584. The zero-order chi connectivity index (χ0) is 15.7. The number of sulfone groups is 1. The molecule has 2 unspecified atom stereocenters. The molecule has 2 N–H and O–H groups in total. The summed E-state index contributed by atoms with van der Waals surface area (Å²) in [6.07, 6.45) is -0.281. The van der Waals surface area contributed by atoms with E-state index in [1.807, 2.05) is 0 Å². The number of carboxylic acids is 1. The standard InChI is InChI=1S/C11H19NO7S2/c13-11(14)10-2-1-8(19-10)7-12-21(17,18)9-3-5-20(15,16)6-4-9/h8-10,12H,1-7H2,(H,13,14). The Kier molecular flexibility index (Phi) is 4.91. The molecule has 0 spiro atoms. The molecule has 8 nitrogen and oxygen atoms in total. The van der Waals surface area contributed by atoms with Crippen LogP contribution in [0, 0.1) is 0 Å². The molecule has 21 heavy (non-hydrogen) atoms. The number of hydrogen-bond donors (Lipinski definition) is 2. The molecule has 10 heteroatoms. The molecule has 0 bridgehead atoms. The maximum absolute atomic E-state index is 12.1. The molecule has 2 saturated heterocycles. The Balaban J connectivity index is 1.84. The highest BCUT2D eigenvalue weighted by atomic mass is 32.2. The number of hydrogen-bond acceptors (Lipinski definition) is 6. The van der Waals surface area contributed by atoms with Gasteiger partial charge in [0.1, 0.15) is 9.84 Å². The van der Waals surface area contributed by atoms with Crippen molar-refractivity contribution in [2.45, 2.75) is 43.1 Å². The van der Waals surface area contributed by atoms with Crippen LogP contribution in [0.15, 0.2) is 0 Å². The van der Waals surface area contributed by atoms with E-state index in [2.05, 4.69) is 4.72 Å². The molecule has 0 amide bonds. The fourth-order valence-corrected chi connectivity index (χ4v) is 5.84. The second-order valence-corrected chi connectivity index (χ2v) is 9.76. The van der Waals surface area contributed by atoms with Gasteiger partial charge in [0.2, 0.25) is 10.0 Å². The largest absolute Gasteiger partial charge is 0.479 e. The van der Waals surface area contributed by atoms with Gasteiger partial charge >= 0.3 is 5.97 Å². The number of nitrogens with one attached hydrogen (secondary N) is 1. The van der Waals surface area contributed by atoms with E-state index >= 15 is 0 Å². The number of carbonyl (C=O) groups is 1. The minimum absolute atomic E-state index is 0.0232. The molecule has 2 fully saturated rings. The van der Waals surface area contributed by atoms with Crippen LogP contribution in [0.25, 0.3) is 0 Å². The highest BCUT2D eigenvalue weighted by molar-refractivity contribution is 7.92. The molecule has 0 aromatic heterocycles. The molecule has 0 aromatic rings. The van der Waals surface area contributed by atoms with Gasteiger partial charge < -0.3 is 9.84 Å². The van der Waals surface area contributed by atoms with Crippen molar-refractivity contribution in [1.82, 2.24) is 4.72 Å². The van der Waals surface area contributed by atoms with Crippen LogP contribution in [-0.2, 0) is 29.4 Å².